The SMILES string of the molecule is CCSCCCN1CCCC1CNC1CC1. The quantitative estimate of drug-likeness (QED) is 0.658. The van der Waals surface area contributed by atoms with Gasteiger partial charge in [0.1, 0.15) is 0 Å². The summed E-state index contributed by atoms with van der Waals surface area (Å²) in [5.41, 5.74) is 0. The Labute approximate surface area is 105 Å². The van der Waals surface area contributed by atoms with Gasteiger partial charge in [0.2, 0.25) is 0 Å². The summed E-state index contributed by atoms with van der Waals surface area (Å²) in [6, 6.07) is 1.71. The first-order valence-corrected chi connectivity index (χ1v) is 8.11. The van der Waals surface area contributed by atoms with E-state index < -0.39 is 0 Å². The Bertz CT molecular complexity index is 194. The lowest BCUT2D eigenvalue weighted by atomic mass is 10.2. The van der Waals surface area contributed by atoms with Crippen molar-refractivity contribution in [2.75, 3.05) is 31.1 Å². The van der Waals surface area contributed by atoms with Crippen molar-refractivity contribution in [1.29, 1.82) is 0 Å². The van der Waals surface area contributed by atoms with Crippen LogP contribution in [-0.4, -0.2) is 48.1 Å². The average Bonchev–Trinajstić information content (AvgIpc) is 3.02. The number of likely N-dealkylation sites (tertiary alicyclic amines) is 1. The van der Waals surface area contributed by atoms with E-state index in [0.717, 1.165) is 12.1 Å². The van der Waals surface area contributed by atoms with Crippen LogP contribution in [-0.2, 0) is 0 Å². The fraction of sp³-hybridized carbons (Fsp3) is 1.00. The molecule has 1 atom stereocenters. The predicted octanol–water partition coefficient (Wildman–Crippen LogP) is 2.35. The largest absolute Gasteiger partial charge is 0.312 e. The Morgan fingerprint density at radius 2 is 2.19 bits per heavy atom. The first-order valence-electron chi connectivity index (χ1n) is 6.95. The van der Waals surface area contributed by atoms with Crippen molar-refractivity contribution in [3.8, 4) is 0 Å². The molecular weight excluding hydrogens is 216 g/mol. The van der Waals surface area contributed by atoms with Crippen molar-refractivity contribution in [2.24, 2.45) is 0 Å². The number of hydrogen-bond acceptors (Lipinski definition) is 3. The second-order valence-corrected chi connectivity index (χ2v) is 6.46. The van der Waals surface area contributed by atoms with Gasteiger partial charge >= 0.3 is 0 Å². The molecule has 1 N–H and O–H groups in total. The number of thioether (sulfide) groups is 1. The molecule has 2 fully saturated rings. The van der Waals surface area contributed by atoms with Crippen LogP contribution in [0.25, 0.3) is 0 Å². The molecule has 0 aromatic rings. The lowest BCUT2D eigenvalue weighted by Gasteiger charge is -2.24. The van der Waals surface area contributed by atoms with Gasteiger partial charge in [-0.1, -0.05) is 6.92 Å². The predicted molar refractivity (Wildman–Crippen MR) is 73.2 cm³/mol. The highest BCUT2D eigenvalue weighted by atomic mass is 32.2. The van der Waals surface area contributed by atoms with Crippen molar-refractivity contribution in [1.82, 2.24) is 10.2 Å². The molecule has 2 nitrogen and oxygen atoms in total. The fourth-order valence-electron chi connectivity index (χ4n) is 2.52. The third kappa shape index (κ3) is 4.27. The standard InChI is InChI=1S/C13H26N2S/c1-2-16-10-4-9-15-8-3-5-13(15)11-14-12-6-7-12/h12-14H,2-11H2,1H3. The van der Waals surface area contributed by atoms with E-state index in [2.05, 4.69) is 28.9 Å². The minimum Gasteiger partial charge on any atom is -0.312 e. The molecule has 1 heterocycles. The van der Waals surface area contributed by atoms with Gasteiger partial charge in [0.15, 0.2) is 0 Å². The maximum Gasteiger partial charge on any atom is 0.0221 e. The number of nitrogens with one attached hydrogen (secondary N) is 1. The van der Waals surface area contributed by atoms with E-state index in [1.165, 1.54) is 63.2 Å². The number of nitrogens with zero attached hydrogens (tertiary/aromatic N) is 1. The van der Waals surface area contributed by atoms with Crippen molar-refractivity contribution < 1.29 is 0 Å². The highest BCUT2D eigenvalue weighted by Crippen LogP contribution is 2.21. The van der Waals surface area contributed by atoms with Gasteiger partial charge in [0.05, 0.1) is 0 Å². The summed E-state index contributed by atoms with van der Waals surface area (Å²) in [4.78, 5) is 2.71. The van der Waals surface area contributed by atoms with E-state index in [4.69, 9.17) is 0 Å². The average molecular weight is 242 g/mol. The topological polar surface area (TPSA) is 15.3 Å². The van der Waals surface area contributed by atoms with E-state index in [9.17, 15) is 0 Å². The van der Waals surface area contributed by atoms with E-state index >= 15 is 0 Å². The summed E-state index contributed by atoms with van der Waals surface area (Å²) in [5, 5.41) is 3.68. The number of hydrogen-bond donors (Lipinski definition) is 1. The molecule has 0 bridgehead atoms. The molecule has 1 saturated carbocycles. The zero-order valence-electron chi connectivity index (χ0n) is 10.6. The summed E-state index contributed by atoms with van der Waals surface area (Å²) in [6.45, 7) is 6.16. The van der Waals surface area contributed by atoms with Gasteiger partial charge in [-0.3, -0.25) is 4.90 Å². The molecule has 0 aromatic carbocycles. The molecule has 3 heteroatoms. The van der Waals surface area contributed by atoms with E-state index in [-0.39, 0.29) is 0 Å². The summed E-state index contributed by atoms with van der Waals surface area (Å²) in [7, 11) is 0. The lowest BCUT2D eigenvalue weighted by Crippen LogP contribution is -2.39. The summed E-state index contributed by atoms with van der Waals surface area (Å²) in [6.07, 6.45) is 7.04. The molecule has 94 valence electrons. The molecular formula is C13H26N2S. The molecule has 1 unspecified atom stereocenters. The van der Waals surface area contributed by atoms with Gasteiger partial charge in [-0.25, -0.2) is 0 Å². The normalized spacial score (nSPS) is 26.4. The van der Waals surface area contributed by atoms with Crippen LogP contribution in [0.5, 0.6) is 0 Å². The number of rotatable bonds is 8. The molecule has 0 spiro atoms. The summed E-state index contributed by atoms with van der Waals surface area (Å²) < 4.78 is 0. The molecule has 1 aliphatic carbocycles. The van der Waals surface area contributed by atoms with E-state index in [0.29, 0.717) is 0 Å². The Hall–Kier alpha value is 0.270. The zero-order chi connectivity index (χ0) is 11.2. The third-order valence-corrected chi connectivity index (χ3v) is 4.64. The fourth-order valence-corrected chi connectivity index (χ4v) is 3.15. The second kappa shape index (κ2) is 6.87. The van der Waals surface area contributed by atoms with Gasteiger partial charge in [0.25, 0.3) is 0 Å². The van der Waals surface area contributed by atoms with Crippen LogP contribution in [0.2, 0.25) is 0 Å². The minimum atomic E-state index is 0.840. The molecule has 16 heavy (non-hydrogen) atoms. The Kier molecular flexibility index (Phi) is 5.46. The molecule has 2 aliphatic rings. The molecule has 1 saturated heterocycles. The molecule has 0 aromatic heterocycles. The summed E-state index contributed by atoms with van der Waals surface area (Å²) >= 11 is 2.08. The highest BCUT2D eigenvalue weighted by molar-refractivity contribution is 7.99. The monoisotopic (exact) mass is 242 g/mol. The summed E-state index contributed by atoms with van der Waals surface area (Å²) in [5.74, 6) is 2.61. The van der Waals surface area contributed by atoms with Crippen LogP contribution in [0.1, 0.15) is 39.0 Å². The van der Waals surface area contributed by atoms with Gasteiger partial charge in [-0.05, 0) is 56.7 Å². The lowest BCUT2D eigenvalue weighted by molar-refractivity contribution is 0.248. The molecule has 0 radical (unpaired) electrons. The third-order valence-electron chi connectivity index (χ3n) is 3.66. The van der Waals surface area contributed by atoms with Gasteiger partial charge in [0, 0.05) is 18.6 Å². The Morgan fingerprint density at radius 1 is 1.31 bits per heavy atom. The smallest absolute Gasteiger partial charge is 0.0221 e. The van der Waals surface area contributed by atoms with E-state index in [1.807, 2.05) is 0 Å². The van der Waals surface area contributed by atoms with Gasteiger partial charge < -0.3 is 5.32 Å². The highest BCUT2D eigenvalue weighted by Gasteiger charge is 2.27. The van der Waals surface area contributed by atoms with Crippen LogP contribution < -0.4 is 5.32 Å². The van der Waals surface area contributed by atoms with Crippen LogP contribution >= 0.6 is 11.8 Å². The van der Waals surface area contributed by atoms with Gasteiger partial charge in [-0.15, -0.1) is 0 Å². The first-order chi connectivity index (χ1) is 7.90. The van der Waals surface area contributed by atoms with Crippen molar-refractivity contribution >= 4 is 11.8 Å². The van der Waals surface area contributed by atoms with Crippen LogP contribution in [0, 0.1) is 0 Å². The maximum atomic E-state index is 3.68. The van der Waals surface area contributed by atoms with E-state index in [1.54, 1.807) is 0 Å². The van der Waals surface area contributed by atoms with Crippen molar-refractivity contribution in [3.05, 3.63) is 0 Å². The van der Waals surface area contributed by atoms with Crippen LogP contribution in [0.4, 0.5) is 0 Å². The van der Waals surface area contributed by atoms with Crippen molar-refractivity contribution in [2.45, 2.75) is 51.1 Å². The molecule has 0 amide bonds. The zero-order valence-corrected chi connectivity index (χ0v) is 11.4. The van der Waals surface area contributed by atoms with Crippen molar-refractivity contribution in [3.63, 3.8) is 0 Å². The second-order valence-electron chi connectivity index (χ2n) is 5.07. The Morgan fingerprint density at radius 3 is 2.94 bits per heavy atom. The van der Waals surface area contributed by atoms with Crippen LogP contribution in [0.3, 0.4) is 0 Å². The van der Waals surface area contributed by atoms with Gasteiger partial charge in [-0.2, -0.15) is 11.8 Å². The molecule has 2 rings (SSSR count). The van der Waals surface area contributed by atoms with Crippen LogP contribution in [0.15, 0.2) is 0 Å². The molecule has 1 aliphatic heterocycles. The Balaban J connectivity index is 1.58. The first kappa shape index (κ1) is 12.7. The minimum absolute atomic E-state index is 0.840. The maximum absolute atomic E-state index is 3.68.